The second-order valence-corrected chi connectivity index (χ2v) is 6.50. The summed E-state index contributed by atoms with van der Waals surface area (Å²) in [6.45, 7) is 2.58. The highest BCUT2D eigenvalue weighted by atomic mass is 32.1. The van der Waals surface area contributed by atoms with Gasteiger partial charge in [0.15, 0.2) is 0 Å². The summed E-state index contributed by atoms with van der Waals surface area (Å²) in [5.41, 5.74) is 2.81. The van der Waals surface area contributed by atoms with Crippen LogP contribution in [-0.4, -0.2) is 20.2 Å². The number of nitrogens with one attached hydrogen (secondary N) is 1. The first kappa shape index (κ1) is 14.7. The molecule has 0 aliphatic heterocycles. The number of fused-ring (bicyclic) bond motifs is 1. The van der Waals surface area contributed by atoms with Crippen LogP contribution in [0.25, 0.3) is 22.0 Å². The lowest BCUT2D eigenvalue weighted by Gasteiger charge is -2.06. The number of rotatable bonds is 4. The topological polar surface area (TPSA) is 63.6 Å². The van der Waals surface area contributed by atoms with Crippen molar-refractivity contribution in [3.63, 3.8) is 0 Å². The Hall–Kier alpha value is -2.86. The van der Waals surface area contributed by atoms with Crippen molar-refractivity contribution in [2.75, 3.05) is 5.32 Å². The fourth-order valence-corrected chi connectivity index (χ4v) is 3.14. The highest BCUT2D eigenvalue weighted by molar-refractivity contribution is 7.09. The molecule has 2 aromatic carbocycles. The Kier molecular flexibility index (Phi) is 3.88. The van der Waals surface area contributed by atoms with E-state index in [1.807, 2.05) is 24.4 Å². The molecule has 0 aliphatic carbocycles. The minimum Gasteiger partial charge on any atom is -0.347 e. The van der Waals surface area contributed by atoms with E-state index in [0.717, 1.165) is 22.0 Å². The number of nitrogens with zero attached hydrogens (tertiary/aromatic N) is 4. The molecule has 2 aromatic heterocycles. The summed E-state index contributed by atoms with van der Waals surface area (Å²) >= 11 is 1.63. The molecule has 0 bridgehead atoms. The summed E-state index contributed by atoms with van der Waals surface area (Å²) in [5.74, 6) is 0.506. The van der Waals surface area contributed by atoms with Gasteiger partial charge in [0.1, 0.15) is 0 Å². The molecule has 0 spiro atoms. The Morgan fingerprint density at radius 3 is 2.75 bits per heavy atom. The first-order valence-electron chi connectivity index (χ1n) is 7.62. The smallest absolute Gasteiger partial charge is 0.243 e. The molecule has 0 radical (unpaired) electrons. The first-order chi connectivity index (χ1) is 11.8. The number of thiazole rings is 1. The molecular weight excluding hydrogens is 318 g/mol. The van der Waals surface area contributed by atoms with Crippen LogP contribution in [0.1, 0.15) is 10.7 Å². The van der Waals surface area contributed by atoms with Crippen molar-refractivity contribution in [3.8, 4) is 11.3 Å². The maximum absolute atomic E-state index is 4.56. The Balaban J connectivity index is 1.58. The van der Waals surface area contributed by atoms with Crippen LogP contribution in [0.15, 0.2) is 54.0 Å². The predicted molar refractivity (Wildman–Crippen MR) is 96.9 cm³/mol. The molecule has 6 heteroatoms. The lowest BCUT2D eigenvalue weighted by molar-refractivity contribution is 0.937. The number of aromatic nitrogens is 4. The molecule has 0 atom stereocenters. The summed E-state index contributed by atoms with van der Waals surface area (Å²) in [5, 5.41) is 16.8. The number of aryl methyl sites for hydroxylation is 1. The fourth-order valence-electron chi connectivity index (χ4n) is 2.53. The van der Waals surface area contributed by atoms with Gasteiger partial charge in [0.05, 0.1) is 29.1 Å². The summed E-state index contributed by atoms with van der Waals surface area (Å²) in [6, 6.07) is 14.5. The Morgan fingerprint density at radius 1 is 1.04 bits per heavy atom. The normalized spacial score (nSPS) is 10.9. The summed E-state index contributed by atoms with van der Waals surface area (Å²) < 4.78 is 0. The quantitative estimate of drug-likeness (QED) is 0.610. The first-order valence-corrected chi connectivity index (χ1v) is 8.50. The molecule has 0 saturated heterocycles. The highest BCUT2D eigenvalue weighted by Crippen LogP contribution is 2.23. The van der Waals surface area contributed by atoms with Gasteiger partial charge < -0.3 is 5.32 Å². The van der Waals surface area contributed by atoms with Gasteiger partial charge in [-0.05, 0) is 23.8 Å². The van der Waals surface area contributed by atoms with Gasteiger partial charge in [-0.3, -0.25) is 0 Å². The Morgan fingerprint density at radius 2 is 1.92 bits per heavy atom. The van der Waals surface area contributed by atoms with Gasteiger partial charge in [-0.1, -0.05) is 36.4 Å². The standard InChI is InChI=1S/C18H15N5S/c1-12-21-16(11-24-12)9-19-18-22-17(10-20-23-18)15-7-6-13-4-2-3-5-14(13)8-15/h2-8,10-11H,9H2,1H3,(H,19,22,23). The lowest BCUT2D eigenvalue weighted by atomic mass is 10.1. The SMILES string of the molecule is Cc1nc(CNc2nncc(-c3ccc4ccccc4c3)n2)cs1. The van der Waals surface area contributed by atoms with Gasteiger partial charge in [-0.25, -0.2) is 9.97 Å². The molecule has 4 aromatic rings. The predicted octanol–water partition coefficient (Wildman–Crippen LogP) is 4.07. The minimum absolute atomic E-state index is 0.506. The van der Waals surface area contributed by atoms with Gasteiger partial charge in [-0.2, -0.15) is 5.10 Å². The summed E-state index contributed by atoms with van der Waals surface area (Å²) in [6.07, 6.45) is 1.68. The van der Waals surface area contributed by atoms with Crippen LogP contribution in [0, 0.1) is 6.92 Å². The van der Waals surface area contributed by atoms with Crippen molar-refractivity contribution in [2.45, 2.75) is 13.5 Å². The summed E-state index contributed by atoms with van der Waals surface area (Å²) in [4.78, 5) is 8.98. The average molecular weight is 333 g/mol. The van der Waals surface area contributed by atoms with Gasteiger partial charge in [0, 0.05) is 10.9 Å². The van der Waals surface area contributed by atoms with E-state index in [1.54, 1.807) is 17.5 Å². The zero-order chi connectivity index (χ0) is 16.4. The van der Waals surface area contributed by atoms with Crippen LogP contribution in [0.2, 0.25) is 0 Å². The van der Waals surface area contributed by atoms with Gasteiger partial charge in [0.2, 0.25) is 5.95 Å². The van der Waals surface area contributed by atoms with Crippen molar-refractivity contribution < 1.29 is 0 Å². The van der Waals surface area contributed by atoms with Crippen molar-refractivity contribution in [1.82, 2.24) is 20.2 Å². The number of hydrogen-bond acceptors (Lipinski definition) is 6. The van der Waals surface area contributed by atoms with E-state index in [9.17, 15) is 0 Å². The molecule has 5 nitrogen and oxygen atoms in total. The zero-order valence-electron chi connectivity index (χ0n) is 13.1. The zero-order valence-corrected chi connectivity index (χ0v) is 13.9. The van der Waals surface area contributed by atoms with E-state index in [1.165, 1.54) is 10.8 Å². The molecule has 118 valence electrons. The second-order valence-electron chi connectivity index (χ2n) is 5.44. The third kappa shape index (κ3) is 3.09. The van der Waals surface area contributed by atoms with Crippen LogP contribution in [-0.2, 0) is 6.54 Å². The molecule has 0 fully saturated rings. The maximum atomic E-state index is 4.56. The van der Waals surface area contributed by atoms with Crippen LogP contribution in [0.4, 0.5) is 5.95 Å². The largest absolute Gasteiger partial charge is 0.347 e. The molecule has 0 saturated carbocycles. The van der Waals surface area contributed by atoms with E-state index >= 15 is 0 Å². The van der Waals surface area contributed by atoms with Crippen molar-refractivity contribution >= 4 is 28.1 Å². The highest BCUT2D eigenvalue weighted by Gasteiger charge is 2.05. The molecule has 24 heavy (non-hydrogen) atoms. The third-order valence-corrected chi connectivity index (χ3v) is 4.52. The van der Waals surface area contributed by atoms with Crippen molar-refractivity contribution in [1.29, 1.82) is 0 Å². The lowest BCUT2D eigenvalue weighted by Crippen LogP contribution is -2.05. The molecule has 4 rings (SSSR count). The maximum Gasteiger partial charge on any atom is 0.243 e. The third-order valence-electron chi connectivity index (χ3n) is 3.70. The summed E-state index contributed by atoms with van der Waals surface area (Å²) in [7, 11) is 0. The molecule has 1 N–H and O–H groups in total. The van der Waals surface area contributed by atoms with Gasteiger partial charge in [0.25, 0.3) is 0 Å². The molecule has 0 aliphatic rings. The van der Waals surface area contributed by atoms with Crippen LogP contribution in [0.3, 0.4) is 0 Å². The monoisotopic (exact) mass is 333 g/mol. The second kappa shape index (κ2) is 6.33. The molecule has 0 amide bonds. The van der Waals surface area contributed by atoms with Crippen molar-refractivity contribution in [2.24, 2.45) is 0 Å². The van der Waals surface area contributed by atoms with Gasteiger partial charge >= 0.3 is 0 Å². The Bertz CT molecular complexity index is 995. The minimum atomic E-state index is 0.506. The Labute approximate surface area is 143 Å². The van der Waals surface area contributed by atoms with Crippen LogP contribution >= 0.6 is 11.3 Å². The number of benzene rings is 2. The molecule has 2 heterocycles. The number of hydrogen-bond donors (Lipinski definition) is 1. The van der Waals surface area contributed by atoms with E-state index in [4.69, 9.17) is 0 Å². The van der Waals surface area contributed by atoms with Crippen LogP contribution < -0.4 is 5.32 Å². The molecular formula is C18H15N5S. The fraction of sp³-hybridized carbons (Fsp3) is 0.111. The van der Waals surface area contributed by atoms with E-state index in [2.05, 4.69) is 55.8 Å². The number of anilines is 1. The molecule has 0 unspecified atom stereocenters. The van der Waals surface area contributed by atoms with E-state index < -0.39 is 0 Å². The van der Waals surface area contributed by atoms with Crippen LogP contribution in [0.5, 0.6) is 0 Å². The van der Waals surface area contributed by atoms with Crippen molar-refractivity contribution in [3.05, 3.63) is 64.7 Å². The van der Waals surface area contributed by atoms with E-state index in [0.29, 0.717) is 12.5 Å². The van der Waals surface area contributed by atoms with Gasteiger partial charge in [-0.15, -0.1) is 16.4 Å². The van der Waals surface area contributed by atoms with E-state index in [-0.39, 0.29) is 0 Å². The average Bonchev–Trinajstić information content (AvgIpc) is 3.05.